The lowest BCUT2D eigenvalue weighted by molar-refractivity contribution is 0.0942. The number of hydrogen-bond acceptors (Lipinski definition) is 14. The van der Waals surface area contributed by atoms with Gasteiger partial charge in [0, 0.05) is 134 Å². The van der Waals surface area contributed by atoms with E-state index in [2.05, 4.69) is 76.1 Å². The first kappa shape index (κ1) is 75.9. The number of pyridine rings is 6. The average molecular weight is 1500 g/mol. The summed E-state index contributed by atoms with van der Waals surface area (Å²) in [5, 5.41) is 17.7. The molecule has 0 fully saturated rings. The molecule has 0 spiro atoms. The number of aromatic nitrogens is 6. The molecule has 1 aliphatic rings. The summed E-state index contributed by atoms with van der Waals surface area (Å²) >= 11 is 2.37. The number of nitriles is 1. The van der Waals surface area contributed by atoms with Gasteiger partial charge in [0.25, 0.3) is 34.4 Å². The number of benzene rings is 6. The summed E-state index contributed by atoms with van der Waals surface area (Å²) in [5.74, 6) is -0.354. The minimum absolute atomic E-state index is 0.0184. The van der Waals surface area contributed by atoms with Gasteiger partial charge in [0.2, 0.25) is 0 Å². The number of hydrogen-bond donors (Lipinski definition) is 4. The van der Waals surface area contributed by atoms with Gasteiger partial charge >= 0.3 is 11.6 Å². The van der Waals surface area contributed by atoms with Crippen LogP contribution in [0, 0.1) is 31.0 Å². The van der Waals surface area contributed by atoms with E-state index in [1.54, 1.807) is 136 Å². The molecule has 0 bridgehead atoms. The second kappa shape index (κ2) is 37.4. The molecule has 3 amide bonds. The second-order valence-electron chi connectivity index (χ2n) is 24.8. The van der Waals surface area contributed by atoms with Gasteiger partial charge < -0.3 is 35.4 Å². The fraction of sp³-hybridized carbons (Fsp3) is 0.145. The Morgan fingerprint density at radius 3 is 1.37 bits per heavy atom. The van der Waals surface area contributed by atoms with Crippen LogP contribution in [0.1, 0.15) is 126 Å². The molecule has 1 aliphatic heterocycles. The molecule has 7 heterocycles. The number of carbonyl (C=O) groups excluding carboxylic acids is 3. The van der Waals surface area contributed by atoms with E-state index in [-0.39, 0.29) is 46.8 Å². The van der Waals surface area contributed by atoms with Crippen LogP contribution in [0.2, 0.25) is 0 Å². The van der Waals surface area contributed by atoms with Crippen molar-refractivity contribution in [2.24, 2.45) is 10.7 Å². The fourth-order valence-corrected chi connectivity index (χ4v) is 11.8. The Bertz CT molecular complexity index is 5460. The van der Waals surface area contributed by atoms with Crippen molar-refractivity contribution < 1.29 is 27.2 Å². The number of aliphatic imine (C=N–C) groups is 1. The fourth-order valence-electron chi connectivity index (χ4n) is 11.5. The summed E-state index contributed by atoms with van der Waals surface area (Å²) in [6.07, 6.45) is 12.1. The smallest absolute Gasteiger partial charge is 0.335 e. The predicted molar refractivity (Wildman–Crippen MR) is 408 cm³/mol. The van der Waals surface area contributed by atoms with Gasteiger partial charge in [-0.05, 0) is 175 Å². The molecule has 0 aliphatic carbocycles. The van der Waals surface area contributed by atoms with E-state index in [1.807, 2.05) is 117 Å². The SMILES string of the molecule is Cc1cc(C#N)ccc1CNC(=O)c1ccnc(Cc2ccc(Cn3ccccc3=O)cc2)c1.Cc1cc(Cc2cc(C(=O)NCc3ccc4c(c3)CN=C4N)ccn2)ccc1Cn1ccccc1=O.O=C(NCc1ccc(Br)c(F)c1)c1ccnc(Cc2ccc(Cn3ccccc3=O)cc2)c1.O=S=O. The van der Waals surface area contributed by atoms with E-state index in [1.165, 1.54) is 6.07 Å². The molecule has 0 unspecified atom stereocenters. The van der Waals surface area contributed by atoms with Crippen LogP contribution < -0.4 is 38.4 Å². The largest absolute Gasteiger partial charge is 0.383 e. The van der Waals surface area contributed by atoms with E-state index in [0.29, 0.717) is 96.7 Å². The van der Waals surface area contributed by atoms with Crippen LogP contribution in [0.15, 0.2) is 273 Å². The first-order valence-corrected chi connectivity index (χ1v) is 35.0. The van der Waals surface area contributed by atoms with E-state index in [9.17, 15) is 33.2 Å². The minimum Gasteiger partial charge on any atom is -0.383 e. The molecule has 0 saturated carbocycles. The molecule has 0 saturated heterocycles. The molecule has 12 aromatic rings. The maximum atomic E-state index is 13.7. The van der Waals surface area contributed by atoms with E-state index in [0.717, 1.165) is 83.8 Å². The summed E-state index contributed by atoms with van der Waals surface area (Å²) in [6, 6.07) is 66.4. The van der Waals surface area contributed by atoms with Crippen molar-refractivity contribution in [1.82, 2.24) is 44.6 Å². The second-order valence-corrected chi connectivity index (χ2v) is 25.8. The Morgan fingerprint density at radius 2 is 0.906 bits per heavy atom. The monoisotopic (exact) mass is 1490 g/mol. The molecule has 20 nitrogen and oxygen atoms in total. The van der Waals surface area contributed by atoms with Gasteiger partial charge in [0.05, 0.1) is 42.3 Å². The molecular weight excluding hydrogens is 1420 g/mol. The van der Waals surface area contributed by atoms with E-state index in [4.69, 9.17) is 19.4 Å². The zero-order chi connectivity index (χ0) is 74.9. The van der Waals surface area contributed by atoms with Gasteiger partial charge in [-0.15, -0.1) is 0 Å². The summed E-state index contributed by atoms with van der Waals surface area (Å²) in [4.78, 5) is 91.3. The molecule has 23 heteroatoms. The lowest BCUT2D eigenvalue weighted by atomic mass is 10.0. The number of aryl methyl sites for hydroxylation is 2. The molecule has 0 atom stereocenters. The third-order valence-electron chi connectivity index (χ3n) is 17.3. The van der Waals surface area contributed by atoms with E-state index >= 15 is 0 Å². The molecule has 106 heavy (non-hydrogen) atoms. The molecule has 5 N–H and O–H groups in total. The Kier molecular flexibility index (Phi) is 26.8. The van der Waals surface area contributed by atoms with Crippen molar-refractivity contribution in [3.63, 3.8) is 0 Å². The lowest BCUT2D eigenvalue weighted by Gasteiger charge is -2.11. The zero-order valence-corrected chi connectivity index (χ0v) is 60.2. The normalized spacial score (nSPS) is 11.0. The van der Waals surface area contributed by atoms with Crippen molar-refractivity contribution in [2.45, 2.75) is 78.9 Å². The number of nitrogens with one attached hydrogen (secondary N) is 3. The van der Waals surface area contributed by atoms with Gasteiger partial charge in [0.1, 0.15) is 11.7 Å². The number of nitrogens with zero attached hydrogens (tertiary/aromatic N) is 8. The quantitative estimate of drug-likeness (QED) is 0.0521. The first-order valence-electron chi connectivity index (χ1n) is 33.5. The van der Waals surface area contributed by atoms with Crippen LogP contribution in [0.25, 0.3) is 0 Å². The van der Waals surface area contributed by atoms with E-state index < -0.39 is 11.6 Å². The topological polar surface area (TPSA) is 288 Å². The summed E-state index contributed by atoms with van der Waals surface area (Å²) in [7, 11) is 0. The maximum absolute atomic E-state index is 13.7. The van der Waals surface area contributed by atoms with Crippen LogP contribution in [-0.2, 0) is 76.6 Å². The third-order valence-corrected chi connectivity index (χ3v) is 17.9. The maximum Gasteiger partial charge on any atom is 0.335 e. The molecule has 0 radical (unpaired) electrons. The van der Waals surface area contributed by atoms with Gasteiger partial charge in [-0.1, -0.05) is 115 Å². The molecule has 6 aromatic carbocycles. The molecule has 13 rings (SSSR count). The number of nitrogens with two attached hydrogens (primary N) is 1. The van der Waals surface area contributed by atoms with Crippen LogP contribution in [0.4, 0.5) is 4.39 Å². The third kappa shape index (κ3) is 21.9. The van der Waals surface area contributed by atoms with Crippen LogP contribution in [0.3, 0.4) is 0 Å². The Hall–Kier alpha value is -12.8. The number of amidine groups is 1. The van der Waals surface area contributed by atoms with Crippen molar-refractivity contribution in [3.8, 4) is 6.07 Å². The van der Waals surface area contributed by atoms with Crippen molar-refractivity contribution >= 4 is 51.1 Å². The van der Waals surface area contributed by atoms with Crippen molar-refractivity contribution in [1.29, 1.82) is 5.26 Å². The Labute approximate surface area is 622 Å². The molecule has 6 aromatic heterocycles. The summed E-state index contributed by atoms with van der Waals surface area (Å²) in [5.41, 5.74) is 23.6. The van der Waals surface area contributed by atoms with Gasteiger partial charge in [-0.3, -0.25) is 48.7 Å². The highest BCUT2D eigenvalue weighted by molar-refractivity contribution is 9.10. The highest BCUT2D eigenvalue weighted by Gasteiger charge is 2.16. The van der Waals surface area contributed by atoms with Crippen molar-refractivity contribution in [3.05, 3.63) is 403 Å². The standard InChI is InChI=1S/C29H27N5O2.C28H24N4O2.C26H21BrFN3O2.O2S/c1-19-12-20(5-7-23(19)18-34-11-3-2-4-27(34)35)14-25-15-22(9-10-31-25)29(36)33-16-21-6-8-26-24(13-21)17-32-28(26)30;1-20-14-23(17-29)9-10-25(20)18-31-28(34)24-11-12-30-26(16-24)15-21-5-7-22(8-6-21)19-32-13-3-2-4-27(32)33;27-23-9-8-20(14-24(23)28)16-30-26(33)21-10-11-29-22(15-21)13-18-4-6-19(7-5-18)17-31-12-2-1-3-25(31)32;1-3-2/h2-13,15H,14,16-18H2,1H3,(H2,30,32)(H,33,36);2-14,16H,15,18-19H2,1H3,(H,31,34);1-12,14-15H,13,16-17H2,(H,30,33);. The van der Waals surface area contributed by atoms with Gasteiger partial charge in [0.15, 0.2) is 0 Å². The summed E-state index contributed by atoms with van der Waals surface area (Å²) in [6.45, 7) is 7.16. The van der Waals surface area contributed by atoms with Crippen molar-refractivity contribution in [2.75, 3.05) is 0 Å². The molecule has 532 valence electrons. The zero-order valence-electron chi connectivity index (χ0n) is 57.8. The minimum atomic E-state index is -0.750. The first-order chi connectivity index (χ1) is 51.4. The Balaban J connectivity index is 0.000000167. The number of rotatable bonds is 21. The number of amides is 3. The number of carbonyl (C=O) groups is 3. The lowest BCUT2D eigenvalue weighted by Crippen LogP contribution is -2.23. The van der Waals surface area contributed by atoms with Gasteiger partial charge in [-0.2, -0.15) is 13.7 Å². The highest BCUT2D eigenvalue weighted by atomic mass is 79.9. The van der Waals surface area contributed by atoms with Crippen LogP contribution in [-0.4, -0.2) is 60.6 Å². The Morgan fingerprint density at radius 1 is 0.491 bits per heavy atom. The number of fused-ring (bicyclic) bond motifs is 1. The molecular formula is C83H72BrFN12O8S. The van der Waals surface area contributed by atoms with Crippen LogP contribution in [0.5, 0.6) is 0 Å². The predicted octanol–water partition coefficient (Wildman–Crippen LogP) is 11.4. The number of halogens is 2. The summed E-state index contributed by atoms with van der Waals surface area (Å²) < 4.78 is 35.6. The van der Waals surface area contributed by atoms with Crippen LogP contribution >= 0.6 is 15.9 Å². The highest BCUT2D eigenvalue weighted by Crippen LogP contribution is 2.22. The average Bonchev–Trinajstić information content (AvgIpc) is 1.63. The van der Waals surface area contributed by atoms with Gasteiger partial charge in [-0.25, -0.2) is 4.39 Å².